The summed E-state index contributed by atoms with van der Waals surface area (Å²) in [5.74, 6) is -0.169. The highest BCUT2D eigenvalue weighted by Crippen LogP contribution is 2.31. The van der Waals surface area contributed by atoms with Gasteiger partial charge in [0.25, 0.3) is 0 Å². The molecule has 10 heteroatoms. The fourth-order valence-corrected chi connectivity index (χ4v) is 5.83. The normalized spacial score (nSPS) is 21.1. The predicted molar refractivity (Wildman–Crippen MR) is 145 cm³/mol. The number of piperidine rings is 1. The number of alkyl halides is 3. The highest BCUT2D eigenvalue weighted by atomic mass is 19.4. The van der Waals surface area contributed by atoms with Gasteiger partial charge in [-0.15, -0.1) is 0 Å². The molecular formula is C30H37F4N3O3. The Morgan fingerprint density at radius 3 is 2.30 bits per heavy atom. The third kappa shape index (κ3) is 7.33. The Labute approximate surface area is 232 Å². The lowest BCUT2D eigenvalue weighted by Crippen LogP contribution is -2.42. The molecule has 0 saturated carbocycles. The second-order valence-corrected chi connectivity index (χ2v) is 11.0. The first kappa shape index (κ1) is 28.8. The van der Waals surface area contributed by atoms with Crippen LogP contribution in [0, 0.1) is 11.7 Å². The van der Waals surface area contributed by atoms with Crippen LogP contribution in [0.25, 0.3) is 0 Å². The Bertz CT molecular complexity index is 1120. The SMILES string of the molecule is O=C(CC1CCCO1)N(CC1CCN(Cc2ccc(C(F)(F)F)cc2)CC1)c1ccc(N2CCOCC2)c(F)c1. The standard InChI is InChI=1S/C30H37F4N3O3/c31-27-18-25(7-8-28(27)36-13-16-39-17-14-36)37(29(38)19-26-2-1-15-40-26)21-23-9-11-35(12-10-23)20-22-3-5-24(6-4-22)30(32,33)34/h3-8,18,23,26H,1-2,9-17,19-21H2. The molecule has 0 N–H and O–H groups in total. The second kappa shape index (κ2) is 12.9. The summed E-state index contributed by atoms with van der Waals surface area (Å²) in [5.41, 5.74) is 1.28. The zero-order valence-electron chi connectivity index (χ0n) is 22.7. The fourth-order valence-electron chi connectivity index (χ4n) is 5.83. The number of ether oxygens (including phenoxy) is 2. The molecule has 0 radical (unpaired) electrons. The number of morpholine rings is 1. The molecule has 2 aromatic carbocycles. The van der Waals surface area contributed by atoms with Crippen molar-refractivity contribution >= 4 is 17.3 Å². The number of hydrogen-bond acceptors (Lipinski definition) is 5. The number of nitrogens with zero attached hydrogens (tertiary/aromatic N) is 3. The molecule has 1 atom stereocenters. The lowest BCUT2D eigenvalue weighted by Gasteiger charge is -2.35. The Kier molecular flexibility index (Phi) is 9.27. The molecule has 2 aromatic rings. The van der Waals surface area contributed by atoms with Gasteiger partial charge in [-0.3, -0.25) is 9.69 Å². The van der Waals surface area contributed by atoms with Gasteiger partial charge in [0, 0.05) is 38.5 Å². The van der Waals surface area contributed by atoms with Crippen LogP contribution in [0.2, 0.25) is 0 Å². The minimum absolute atomic E-state index is 0.0578. The smallest absolute Gasteiger partial charge is 0.378 e. The van der Waals surface area contributed by atoms with Crippen LogP contribution < -0.4 is 9.80 Å². The van der Waals surface area contributed by atoms with E-state index in [9.17, 15) is 18.0 Å². The van der Waals surface area contributed by atoms with Crippen LogP contribution in [0.1, 0.15) is 43.2 Å². The van der Waals surface area contributed by atoms with Crippen molar-refractivity contribution in [2.24, 2.45) is 5.92 Å². The van der Waals surface area contributed by atoms with E-state index in [2.05, 4.69) is 4.90 Å². The molecule has 0 spiro atoms. The molecule has 0 aliphatic carbocycles. The number of likely N-dealkylation sites (tertiary alicyclic amines) is 1. The van der Waals surface area contributed by atoms with E-state index in [1.165, 1.54) is 18.2 Å². The molecule has 3 heterocycles. The summed E-state index contributed by atoms with van der Waals surface area (Å²) in [5, 5.41) is 0. The summed E-state index contributed by atoms with van der Waals surface area (Å²) in [7, 11) is 0. The topological polar surface area (TPSA) is 45.2 Å². The number of hydrogen-bond donors (Lipinski definition) is 0. The van der Waals surface area contributed by atoms with Crippen molar-refractivity contribution in [3.63, 3.8) is 0 Å². The molecule has 3 aliphatic heterocycles. The van der Waals surface area contributed by atoms with Crippen LogP contribution in [0.15, 0.2) is 42.5 Å². The molecule has 5 rings (SSSR count). The van der Waals surface area contributed by atoms with E-state index in [-0.39, 0.29) is 30.2 Å². The van der Waals surface area contributed by atoms with E-state index < -0.39 is 11.7 Å². The molecule has 0 bridgehead atoms. The lowest BCUT2D eigenvalue weighted by molar-refractivity contribution is -0.137. The van der Waals surface area contributed by atoms with E-state index in [0.717, 1.165) is 56.5 Å². The quantitative estimate of drug-likeness (QED) is 0.398. The number of carbonyl (C=O) groups excluding carboxylic acids is 1. The molecule has 6 nitrogen and oxygen atoms in total. The van der Waals surface area contributed by atoms with Gasteiger partial charge < -0.3 is 19.3 Å². The summed E-state index contributed by atoms with van der Waals surface area (Å²) in [4.78, 5) is 19.4. The average molecular weight is 564 g/mol. The summed E-state index contributed by atoms with van der Waals surface area (Å²) < 4.78 is 65.0. The van der Waals surface area contributed by atoms with Gasteiger partial charge in [-0.2, -0.15) is 13.2 Å². The van der Waals surface area contributed by atoms with Gasteiger partial charge in [-0.05, 0) is 80.6 Å². The van der Waals surface area contributed by atoms with E-state index in [1.807, 2.05) is 11.0 Å². The third-order valence-corrected chi connectivity index (χ3v) is 8.16. The maximum Gasteiger partial charge on any atom is 0.416 e. The van der Waals surface area contributed by atoms with Gasteiger partial charge >= 0.3 is 6.18 Å². The zero-order chi connectivity index (χ0) is 28.1. The monoisotopic (exact) mass is 563 g/mol. The number of benzene rings is 2. The van der Waals surface area contributed by atoms with E-state index >= 15 is 4.39 Å². The van der Waals surface area contributed by atoms with Gasteiger partial charge in [0.1, 0.15) is 5.82 Å². The van der Waals surface area contributed by atoms with Crippen molar-refractivity contribution in [2.45, 2.75) is 50.9 Å². The van der Waals surface area contributed by atoms with E-state index in [0.29, 0.717) is 57.4 Å². The number of amides is 1. The second-order valence-electron chi connectivity index (χ2n) is 11.0. The van der Waals surface area contributed by atoms with Crippen molar-refractivity contribution in [2.75, 3.05) is 62.3 Å². The molecule has 40 heavy (non-hydrogen) atoms. The number of halogens is 4. The van der Waals surface area contributed by atoms with Crippen LogP contribution >= 0.6 is 0 Å². The molecule has 3 saturated heterocycles. The van der Waals surface area contributed by atoms with Crippen molar-refractivity contribution in [1.82, 2.24) is 4.90 Å². The molecular weight excluding hydrogens is 526 g/mol. The van der Waals surface area contributed by atoms with Gasteiger partial charge in [-0.1, -0.05) is 12.1 Å². The molecule has 1 unspecified atom stereocenters. The predicted octanol–water partition coefficient (Wildman–Crippen LogP) is 5.50. The summed E-state index contributed by atoms with van der Waals surface area (Å²) in [6, 6.07) is 10.4. The van der Waals surface area contributed by atoms with Crippen molar-refractivity contribution in [1.29, 1.82) is 0 Å². The Morgan fingerprint density at radius 1 is 0.950 bits per heavy atom. The Morgan fingerprint density at radius 2 is 1.68 bits per heavy atom. The molecule has 1 amide bonds. The maximum absolute atomic E-state index is 15.3. The zero-order valence-corrected chi connectivity index (χ0v) is 22.7. The number of carbonyl (C=O) groups is 1. The van der Waals surface area contributed by atoms with Crippen LogP contribution in [0.5, 0.6) is 0 Å². The van der Waals surface area contributed by atoms with Crippen LogP contribution in [-0.2, 0) is 27.0 Å². The maximum atomic E-state index is 15.3. The van der Waals surface area contributed by atoms with Gasteiger partial charge in [0.05, 0.1) is 37.0 Å². The third-order valence-electron chi connectivity index (χ3n) is 8.16. The van der Waals surface area contributed by atoms with Crippen LogP contribution in [0.3, 0.4) is 0 Å². The summed E-state index contributed by atoms with van der Waals surface area (Å²) in [6.45, 7) is 5.68. The van der Waals surface area contributed by atoms with E-state index in [4.69, 9.17) is 9.47 Å². The lowest BCUT2D eigenvalue weighted by atomic mass is 9.95. The van der Waals surface area contributed by atoms with Gasteiger partial charge in [0.15, 0.2) is 0 Å². The number of rotatable bonds is 8. The molecule has 218 valence electrons. The fraction of sp³-hybridized carbons (Fsp3) is 0.567. The van der Waals surface area contributed by atoms with Gasteiger partial charge in [-0.25, -0.2) is 4.39 Å². The highest BCUT2D eigenvalue weighted by Gasteiger charge is 2.31. The Balaban J connectivity index is 1.22. The van der Waals surface area contributed by atoms with E-state index in [1.54, 1.807) is 11.0 Å². The Hall–Kier alpha value is -2.69. The summed E-state index contributed by atoms with van der Waals surface area (Å²) in [6.07, 6.45) is -0.671. The minimum Gasteiger partial charge on any atom is -0.378 e. The molecule has 0 aromatic heterocycles. The van der Waals surface area contributed by atoms with Crippen molar-refractivity contribution in [3.05, 3.63) is 59.4 Å². The largest absolute Gasteiger partial charge is 0.416 e. The number of anilines is 2. The first-order valence-corrected chi connectivity index (χ1v) is 14.2. The molecule has 3 fully saturated rings. The van der Waals surface area contributed by atoms with Crippen LogP contribution in [0.4, 0.5) is 28.9 Å². The average Bonchev–Trinajstić information content (AvgIpc) is 3.46. The first-order chi connectivity index (χ1) is 19.3. The minimum atomic E-state index is -4.34. The first-order valence-electron chi connectivity index (χ1n) is 14.2. The van der Waals surface area contributed by atoms with Crippen LogP contribution in [-0.4, -0.2) is 69.5 Å². The molecule has 3 aliphatic rings. The van der Waals surface area contributed by atoms with Crippen molar-refractivity contribution < 1.29 is 31.8 Å². The van der Waals surface area contributed by atoms with Crippen molar-refractivity contribution in [3.8, 4) is 0 Å². The van der Waals surface area contributed by atoms with Gasteiger partial charge in [0.2, 0.25) is 5.91 Å². The highest BCUT2D eigenvalue weighted by molar-refractivity contribution is 5.94. The summed E-state index contributed by atoms with van der Waals surface area (Å²) >= 11 is 0.